The first-order valence-corrected chi connectivity index (χ1v) is 16.7. The molecule has 0 spiro atoms. The van der Waals surface area contributed by atoms with Gasteiger partial charge in [0.1, 0.15) is 17.7 Å². The third-order valence-corrected chi connectivity index (χ3v) is 9.61. The summed E-state index contributed by atoms with van der Waals surface area (Å²) in [6.45, 7) is 1.42. The van der Waals surface area contributed by atoms with Crippen LogP contribution >= 0.6 is 11.8 Å². The highest BCUT2D eigenvalue weighted by Gasteiger charge is 2.49. The molecule has 1 saturated heterocycles. The van der Waals surface area contributed by atoms with Crippen LogP contribution < -0.4 is 15.5 Å². The third-order valence-electron chi connectivity index (χ3n) is 8.64. The van der Waals surface area contributed by atoms with Gasteiger partial charge in [0.2, 0.25) is 5.91 Å². The van der Waals surface area contributed by atoms with Gasteiger partial charge in [-0.1, -0.05) is 85.3 Å². The Morgan fingerprint density at radius 2 is 1.57 bits per heavy atom. The minimum Gasteiger partial charge on any atom is -0.378 e. The van der Waals surface area contributed by atoms with E-state index in [1.807, 2.05) is 72.8 Å². The summed E-state index contributed by atoms with van der Waals surface area (Å²) in [5.41, 5.74) is 4.06. The van der Waals surface area contributed by atoms with E-state index >= 15 is 0 Å². The number of morpholine rings is 1. The maximum atomic E-state index is 13.6. The van der Waals surface area contributed by atoms with Crippen molar-refractivity contribution in [2.75, 3.05) is 48.8 Å². The summed E-state index contributed by atoms with van der Waals surface area (Å²) in [5.74, 6) is -0.193. The standard InChI is InChI=1S/C35H36F3N5O3S/c36-35(37,38)23-40-32(45)34(26-12-4-2-10-24(26)25-11-3-5-13-27(25)34)16-8-1-9-21-47-33-39-22-29(42-33)31(44)41-28-14-6-7-15-30(28)43-17-19-46-20-18-43/h2-7,10-15,22H,1,8-9,16-21,23H2,(H,39,42)(H,40,45)(H,41,44). The number of alkyl halides is 3. The Hall–Kier alpha value is -4.29. The summed E-state index contributed by atoms with van der Waals surface area (Å²) < 4.78 is 44.8. The second-order valence-corrected chi connectivity index (χ2v) is 12.7. The smallest absolute Gasteiger partial charge is 0.378 e. The summed E-state index contributed by atoms with van der Waals surface area (Å²) in [6, 6.07) is 22.6. The number of nitrogens with zero attached hydrogens (tertiary/aromatic N) is 2. The van der Waals surface area contributed by atoms with E-state index in [1.165, 1.54) is 18.0 Å². The molecule has 0 atom stereocenters. The molecule has 1 fully saturated rings. The van der Waals surface area contributed by atoms with E-state index in [0.717, 1.165) is 65.3 Å². The highest BCUT2D eigenvalue weighted by molar-refractivity contribution is 7.99. The van der Waals surface area contributed by atoms with Gasteiger partial charge in [0.25, 0.3) is 5.91 Å². The number of nitrogens with one attached hydrogen (secondary N) is 3. The third kappa shape index (κ3) is 7.18. The van der Waals surface area contributed by atoms with E-state index in [4.69, 9.17) is 4.74 Å². The molecular weight excluding hydrogens is 627 g/mol. The van der Waals surface area contributed by atoms with Crippen LogP contribution in [0, 0.1) is 0 Å². The van der Waals surface area contributed by atoms with Crippen LogP contribution in [0.2, 0.25) is 0 Å². The van der Waals surface area contributed by atoms with Crippen molar-refractivity contribution in [2.24, 2.45) is 0 Å². The lowest BCUT2D eigenvalue weighted by Gasteiger charge is -2.31. The zero-order chi connectivity index (χ0) is 32.9. The zero-order valence-corrected chi connectivity index (χ0v) is 26.6. The quantitative estimate of drug-likeness (QED) is 0.114. The number of para-hydroxylation sites is 2. The molecule has 1 aromatic heterocycles. The number of halogens is 3. The number of fused-ring (bicyclic) bond motifs is 3. The Morgan fingerprint density at radius 3 is 2.28 bits per heavy atom. The number of aromatic nitrogens is 2. The van der Waals surface area contributed by atoms with Gasteiger partial charge in [-0.25, -0.2) is 4.98 Å². The van der Waals surface area contributed by atoms with Gasteiger partial charge in [0.15, 0.2) is 5.16 Å². The van der Waals surface area contributed by atoms with Gasteiger partial charge < -0.3 is 25.3 Å². The first kappa shape index (κ1) is 32.6. The second-order valence-electron chi connectivity index (χ2n) is 11.6. The van der Waals surface area contributed by atoms with Crippen LogP contribution in [0.1, 0.15) is 47.3 Å². The van der Waals surface area contributed by atoms with Crippen molar-refractivity contribution in [1.29, 1.82) is 0 Å². The lowest BCUT2D eigenvalue weighted by atomic mass is 9.73. The lowest BCUT2D eigenvalue weighted by molar-refractivity contribution is -0.141. The van der Waals surface area contributed by atoms with Crippen molar-refractivity contribution in [3.63, 3.8) is 0 Å². The normalized spacial score (nSPS) is 15.2. The fraction of sp³-hybridized carbons (Fsp3) is 0.343. The minimum atomic E-state index is -4.51. The monoisotopic (exact) mass is 663 g/mol. The molecule has 1 aliphatic carbocycles. The van der Waals surface area contributed by atoms with Gasteiger partial charge in [-0.05, 0) is 47.2 Å². The summed E-state index contributed by atoms with van der Waals surface area (Å²) in [5, 5.41) is 5.81. The first-order chi connectivity index (χ1) is 22.8. The number of hydrogen-bond acceptors (Lipinski definition) is 6. The fourth-order valence-corrected chi connectivity index (χ4v) is 7.31. The van der Waals surface area contributed by atoms with Crippen molar-refractivity contribution in [3.05, 3.63) is 95.8 Å². The van der Waals surface area contributed by atoms with Gasteiger partial charge in [-0.15, -0.1) is 0 Å². The summed E-state index contributed by atoms with van der Waals surface area (Å²) in [7, 11) is 0. The second kappa shape index (κ2) is 14.2. The van der Waals surface area contributed by atoms with Crippen LogP contribution in [0.5, 0.6) is 0 Å². The molecule has 0 bridgehead atoms. The molecule has 3 aromatic carbocycles. The Labute approximate surface area is 275 Å². The van der Waals surface area contributed by atoms with E-state index in [9.17, 15) is 22.8 Å². The number of thioether (sulfide) groups is 1. The maximum absolute atomic E-state index is 13.6. The number of amides is 2. The van der Waals surface area contributed by atoms with Crippen LogP contribution in [-0.2, 0) is 14.9 Å². The highest BCUT2D eigenvalue weighted by Crippen LogP contribution is 2.51. The summed E-state index contributed by atoms with van der Waals surface area (Å²) >= 11 is 1.49. The fourth-order valence-electron chi connectivity index (χ4n) is 6.46. The highest BCUT2D eigenvalue weighted by atomic mass is 32.2. The molecule has 0 unspecified atom stereocenters. The Bertz CT molecular complexity index is 1670. The number of imidazole rings is 1. The lowest BCUT2D eigenvalue weighted by Crippen LogP contribution is -2.47. The number of ether oxygens (including phenoxy) is 1. The summed E-state index contributed by atoms with van der Waals surface area (Å²) in [4.78, 5) is 36.3. The van der Waals surface area contributed by atoms with Gasteiger partial charge in [0.05, 0.1) is 30.8 Å². The number of aromatic amines is 1. The SMILES string of the molecule is O=C(Nc1ccccc1N1CCOCC1)c1cnc(SCCCCCC2(C(=O)NCC(F)(F)F)c3ccccc3-c3ccccc32)[nH]1. The molecule has 12 heteroatoms. The van der Waals surface area contributed by atoms with E-state index in [-0.39, 0.29) is 5.91 Å². The van der Waals surface area contributed by atoms with Gasteiger partial charge in [0, 0.05) is 18.8 Å². The minimum absolute atomic E-state index is 0.281. The van der Waals surface area contributed by atoms with Gasteiger partial charge >= 0.3 is 6.18 Å². The average molecular weight is 664 g/mol. The number of H-pyrrole nitrogens is 1. The van der Waals surface area contributed by atoms with Crippen molar-refractivity contribution >= 4 is 35.0 Å². The molecule has 1 aliphatic heterocycles. The van der Waals surface area contributed by atoms with Crippen molar-refractivity contribution in [3.8, 4) is 11.1 Å². The number of hydrogen-bond donors (Lipinski definition) is 3. The molecular formula is C35H36F3N5O3S. The average Bonchev–Trinajstić information content (AvgIpc) is 3.67. The number of carbonyl (C=O) groups is 2. The number of anilines is 2. The number of carbonyl (C=O) groups excluding carboxylic acids is 2. The molecule has 2 amide bonds. The molecule has 47 heavy (non-hydrogen) atoms. The molecule has 3 N–H and O–H groups in total. The largest absolute Gasteiger partial charge is 0.405 e. The van der Waals surface area contributed by atoms with Crippen LogP contribution in [0.3, 0.4) is 0 Å². The molecule has 0 saturated carbocycles. The van der Waals surface area contributed by atoms with E-state index in [2.05, 4.69) is 25.5 Å². The Morgan fingerprint density at radius 1 is 0.915 bits per heavy atom. The van der Waals surface area contributed by atoms with E-state index in [0.29, 0.717) is 36.9 Å². The van der Waals surface area contributed by atoms with E-state index < -0.39 is 24.0 Å². The zero-order valence-electron chi connectivity index (χ0n) is 25.7. The Balaban J connectivity index is 1.05. The maximum Gasteiger partial charge on any atom is 0.405 e. The van der Waals surface area contributed by atoms with Crippen LogP contribution in [-0.4, -0.2) is 66.6 Å². The topological polar surface area (TPSA) is 99.3 Å². The number of unbranched alkanes of at least 4 members (excludes halogenated alkanes) is 2. The Kier molecular flexibility index (Phi) is 9.88. The van der Waals surface area contributed by atoms with Crippen molar-refractivity contribution in [1.82, 2.24) is 15.3 Å². The number of rotatable bonds is 12. The molecule has 4 aromatic rings. The van der Waals surface area contributed by atoms with Crippen LogP contribution in [0.4, 0.5) is 24.5 Å². The van der Waals surface area contributed by atoms with Crippen LogP contribution in [0.15, 0.2) is 84.1 Å². The molecule has 6 rings (SSSR count). The molecule has 0 radical (unpaired) electrons. The van der Waals surface area contributed by atoms with Crippen molar-refractivity contribution in [2.45, 2.75) is 42.4 Å². The predicted octanol–water partition coefficient (Wildman–Crippen LogP) is 6.80. The molecule has 2 heterocycles. The van der Waals surface area contributed by atoms with E-state index in [1.54, 1.807) is 0 Å². The first-order valence-electron chi connectivity index (χ1n) is 15.7. The van der Waals surface area contributed by atoms with Gasteiger partial charge in [-0.3, -0.25) is 9.59 Å². The van der Waals surface area contributed by atoms with Crippen molar-refractivity contribution < 1.29 is 27.5 Å². The molecule has 8 nitrogen and oxygen atoms in total. The molecule has 2 aliphatic rings. The van der Waals surface area contributed by atoms with Crippen LogP contribution in [0.25, 0.3) is 11.1 Å². The van der Waals surface area contributed by atoms with Gasteiger partial charge in [-0.2, -0.15) is 13.2 Å². The summed E-state index contributed by atoms with van der Waals surface area (Å²) in [6.07, 6.45) is -0.413. The number of benzene rings is 3. The molecule has 246 valence electrons. The predicted molar refractivity (Wildman–Crippen MR) is 177 cm³/mol.